The first kappa shape index (κ1) is 15.6. The number of H-pyrrole nitrogens is 1. The molecule has 0 bridgehead atoms. The van der Waals surface area contributed by atoms with E-state index >= 15 is 0 Å². The number of aromatic amines is 1. The lowest BCUT2D eigenvalue weighted by Crippen LogP contribution is -2.33. The van der Waals surface area contributed by atoms with Crippen molar-refractivity contribution in [2.45, 2.75) is 24.5 Å². The average Bonchev–Trinajstić information content (AvgIpc) is 3.08. The molecule has 0 saturated carbocycles. The van der Waals surface area contributed by atoms with Gasteiger partial charge in [0.2, 0.25) is 0 Å². The number of alkyl halides is 1. The maximum Gasteiger partial charge on any atom is 0.279 e. The fourth-order valence-electron chi connectivity index (χ4n) is 2.40. The molecular weight excluding hydrogens is 311 g/mol. The van der Waals surface area contributed by atoms with Crippen LogP contribution in [0.3, 0.4) is 0 Å². The molecule has 122 valence electrons. The number of aromatic nitrogens is 4. The van der Waals surface area contributed by atoms with E-state index in [-0.39, 0.29) is 17.0 Å². The lowest BCUT2D eigenvalue weighted by Gasteiger charge is -2.16. The van der Waals surface area contributed by atoms with E-state index in [0.29, 0.717) is 0 Å². The van der Waals surface area contributed by atoms with Crippen molar-refractivity contribution >= 4 is 11.2 Å². The lowest BCUT2D eigenvalue weighted by atomic mass is 10.1. The number of nitrogens with one attached hydrogen (secondary N) is 1. The van der Waals surface area contributed by atoms with Gasteiger partial charge in [0.15, 0.2) is 29.9 Å². The summed E-state index contributed by atoms with van der Waals surface area (Å²) in [5.41, 5.74) is -0.538. The van der Waals surface area contributed by atoms with Crippen molar-refractivity contribution in [3.8, 4) is 11.8 Å². The van der Waals surface area contributed by atoms with Gasteiger partial charge < -0.3 is 20.1 Å². The van der Waals surface area contributed by atoms with Crippen LogP contribution in [0.2, 0.25) is 0 Å². The number of halogens is 1. The first-order chi connectivity index (χ1) is 11.1. The van der Waals surface area contributed by atoms with E-state index in [2.05, 4.69) is 26.8 Å². The van der Waals surface area contributed by atoms with Crippen LogP contribution in [0.1, 0.15) is 12.1 Å². The van der Waals surface area contributed by atoms with Crippen molar-refractivity contribution in [2.24, 2.45) is 0 Å². The van der Waals surface area contributed by atoms with Gasteiger partial charge in [0, 0.05) is 0 Å². The van der Waals surface area contributed by atoms with Gasteiger partial charge in [0.1, 0.15) is 18.3 Å². The molecule has 0 amide bonds. The fraction of sp³-hybridized carbons (Fsp3) is 0.462. The van der Waals surface area contributed by atoms with Crippen LogP contribution in [0.5, 0.6) is 0 Å². The summed E-state index contributed by atoms with van der Waals surface area (Å²) in [4.78, 5) is 22.2. The predicted octanol–water partition coefficient (Wildman–Crippen LogP) is -1.95. The van der Waals surface area contributed by atoms with Gasteiger partial charge in [-0.25, -0.2) is 14.4 Å². The lowest BCUT2D eigenvalue weighted by molar-refractivity contribution is -0.0511. The maximum atomic E-state index is 12.1. The van der Waals surface area contributed by atoms with E-state index in [1.54, 1.807) is 0 Å². The van der Waals surface area contributed by atoms with E-state index < -0.39 is 43.4 Å². The van der Waals surface area contributed by atoms with Gasteiger partial charge >= 0.3 is 0 Å². The molecule has 1 saturated heterocycles. The Balaban J connectivity index is 2.08. The molecule has 10 heteroatoms. The van der Waals surface area contributed by atoms with Crippen LogP contribution in [0.15, 0.2) is 11.1 Å². The van der Waals surface area contributed by atoms with E-state index in [4.69, 9.17) is 9.84 Å². The topological polar surface area (TPSA) is 133 Å². The highest BCUT2D eigenvalue weighted by atomic mass is 19.1. The molecule has 4 atom stereocenters. The van der Waals surface area contributed by atoms with Gasteiger partial charge in [-0.2, -0.15) is 0 Å². The average molecular weight is 324 g/mol. The van der Waals surface area contributed by atoms with Gasteiger partial charge in [-0.05, 0) is 5.92 Å². The second kappa shape index (κ2) is 6.05. The minimum atomic E-state index is -1.34. The first-order valence-electron chi connectivity index (χ1n) is 6.71. The summed E-state index contributed by atoms with van der Waals surface area (Å²) >= 11 is 0. The molecule has 1 fully saturated rings. The Morgan fingerprint density at radius 3 is 2.87 bits per heavy atom. The molecule has 0 radical (unpaired) electrons. The zero-order valence-electron chi connectivity index (χ0n) is 11.7. The molecule has 23 heavy (non-hydrogen) atoms. The molecule has 0 aliphatic carbocycles. The summed E-state index contributed by atoms with van der Waals surface area (Å²) in [5, 5.41) is 29.0. The molecule has 0 unspecified atom stereocenters. The highest BCUT2D eigenvalue weighted by molar-refractivity contribution is 5.69. The number of fused-ring (bicyclic) bond motifs is 1. The van der Waals surface area contributed by atoms with Crippen molar-refractivity contribution < 1.29 is 24.4 Å². The standard InChI is InChI=1S/C13H13FN4O5/c14-3-1-2-7-16-11-8(12(22)17-7)15-5-18(11)13-10(21)9(20)6(4-19)23-13/h5-6,9-10,13,19-21H,3-4H2,(H,16,17,22)/t6-,9-,10-,13-/m1/s1. The number of rotatable bonds is 2. The van der Waals surface area contributed by atoms with Gasteiger partial charge in [-0.15, -0.1) is 0 Å². The van der Waals surface area contributed by atoms with Crippen molar-refractivity contribution in [3.63, 3.8) is 0 Å². The second-order valence-electron chi connectivity index (χ2n) is 4.90. The number of nitrogens with zero attached hydrogens (tertiary/aromatic N) is 3. The molecule has 0 spiro atoms. The Morgan fingerprint density at radius 1 is 1.43 bits per heavy atom. The van der Waals surface area contributed by atoms with Crippen molar-refractivity contribution in [3.05, 3.63) is 22.5 Å². The summed E-state index contributed by atoms with van der Waals surface area (Å²) in [6.45, 7) is -1.38. The number of ether oxygens (including phenoxy) is 1. The van der Waals surface area contributed by atoms with Crippen LogP contribution in [0, 0.1) is 11.8 Å². The zero-order chi connectivity index (χ0) is 16.6. The highest BCUT2D eigenvalue weighted by Crippen LogP contribution is 2.30. The van der Waals surface area contributed by atoms with Crippen molar-refractivity contribution in [2.75, 3.05) is 13.3 Å². The van der Waals surface area contributed by atoms with E-state index in [0.717, 1.165) is 0 Å². The molecule has 2 aromatic heterocycles. The van der Waals surface area contributed by atoms with Crippen molar-refractivity contribution in [1.29, 1.82) is 0 Å². The fourth-order valence-corrected chi connectivity index (χ4v) is 2.40. The van der Waals surface area contributed by atoms with Crippen LogP contribution < -0.4 is 5.56 Å². The smallest absolute Gasteiger partial charge is 0.279 e. The third-order valence-electron chi connectivity index (χ3n) is 3.50. The number of hydrogen-bond acceptors (Lipinski definition) is 7. The molecule has 1 aliphatic rings. The molecule has 2 aromatic rings. The van der Waals surface area contributed by atoms with Crippen LogP contribution in [0.25, 0.3) is 11.2 Å². The third kappa shape index (κ3) is 2.60. The van der Waals surface area contributed by atoms with Crippen LogP contribution >= 0.6 is 0 Å². The van der Waals surface area contributed by atoms with Gasteiger partial charge in [0.05, 0.1) is 12.9 Å². The summed E-state index contributed by atoms with van der Waals surface area (Å²) in [6, 6.07) is 0. The Hall–Kier alpha value is -2.32. The van der Waals surface area contributed by atoms with E-state index in [1.165, 1.54) is 10.9 Å². The Morgan fingerprint density at radius 2 is 2.22 bits per heavy atom. The minimum Gasteiger partial charge on any atom is -0.394 e. The summed E-state index contributed by atoms with van der Waals surface area (Å²) in [6.07, 6.45) is -3.47. The summed E-state index contributed by atoms with van der Waals surface area (Å²) in [7, 11) is 0. The van der Waals surface area contributed by atoms with Crippen LogP contribution in [-0.2, 0) is 4.74 Å². The van der Waals surface area contributed by atoms with E-state index in [1.807, 2.05) is 0 Å². The van der Waals surface area contributed by atoms with Crippen molar-refractivity contribution in [1.82, 2.24) is 19.5 Å². The molecule has 0 aromatic carbocycles. The Bertz CT molecular complexity index is 838. The normalized spacial score (nSPS) is 27.1. The molecular formula is C13H13FN4O5. The number of aliphatic hydroxyl groups is 3. The largest absolute Gasteiger partial charge is 0.394 e. The minimum absolute atomic E-state index is 0.0199. The molecule has 4 N–H and O–H groups in total. The second-order valence-corrected chi connectivity index (χ2v) is 4.90. The predicted molar refractivity (Wildman–Crippen MR) is 74.0 cm³/mol. The Labute approximate surface area is 128 Å². The van der Waals surface area contributed by atoms with Gasteiger partial charge in [-0.3, -0.25) is 14.3 Å². The van der Waals surface area contributed by atoms with E-state index in [9.17, 15) is 19.4 Å². The number of aliphatic hydroxyl groups excluding tert-OH is 3. The zero-order valence-corrected chi connectivity index (χ0v) is 11.7. The molecule has 3 heterocycles. The molecule has 3 rings (SSSR count). The van der Waals surface area contributed by atoms with Crippen LogP contribution in [0.4, 0.5) is 4.39 Å². The maximum absolute atomic E-state index is 12.1. The number of imidazole rings is 1. The first-order valence-corrected chi connectivity index (χ1v) is 6.71. The van der Waals surface area contributed by atoms with Gasteiger partial charge in [-0.1, -0.05) is 5.92 Å². The highest BCUT2D eigenvalue weighted by Gasteiger charge is 2.44. The Kier molecular flexibility index (Phi) is 4.10. The quantitative estimate of drug-likeness (QED) is 0.472. The summed E-state index contributed by atoms with van der Waals surface area (Å²) < 4.78 is 18.8. The van der Waals surface area contributed by atoms with Gasteiger partial charge in [0.25, 0.3) is 5.56 Å². The molecule has 1 aliphatic heterocycles. The number of hydrogen-bond donors (Lipinski definition) is 4. The monoisotopic (exact) mass is 324 g/mol. The third-order valence-corrected chi connectivity index (χ3v) is 3.50. The summed E-state index contributed by atoms with van der Waals surface area (Å²) in [5.74, 6) is 4.42. The SMILES string of the molecule is O=c1[nH]c(C#CCF)nc2c1ncn2[C@@H]1O[C@H](CO)[C@@H](O)[C@H]1O. The molecule has 9 nitrogen and oxygen atoms in total. The van der Waals surface area contributed by atoms with Crippen LogP contribution in [-0.4, -0.2) is 66.4 Å².